The fourth-order valence-electron chi connectivity index (χ4n) is 3.38. The molecule has 2 heterocycles. The van der Waals surface area contributed by atoms with Crippen LogP contribution in [0.1, 0.15) is 42.7 Å². The van der Waals surface area contributed by atoms with Crippen LogP contribution in [0.25, 0.3) is 0 Å². The maximum Gasteiger partial charge on any atom is 0.290 e. The molecule has 1 spiro atoms. The van der Waals surface area contributed by atoms with Crippen molar-refractivity contribution in [1.29, 1.82) is 0 Å². The van der Waals surface area contributed by atoms with Crippen LogP contribution in [0.2, 0.25) is 5.22 Å². The quantitative estimate of drug-likeness (QED) is 0.861. The van der Waals surface area contributed by atoms with Gasteiger partial charge in [0.2, 0.25) is 0 Å². The molecular weight excluding hydrogens is 264 g/mol. The highest BCUT2D eigenvalue weighted by atomic mass is 35.5. The third-order valence-corrected chi connectivity index (χ3v) is 4.56. The first-order valence-corrected chi connectivity index (χ1v) is 7.37. The van der Waals surface area contributed by atoms with Crippen LogP contribution in [0.5, 0.6) is 0 Å². The van der Waals surface area contributed by atoms with E-state index in [1.807, 2.05) is 4.90 Å². The zero-order valence-electron chi connectivity index (χ0n) is 11.0. The van der Waals surface area contributed by atoms with E-state index in [2.05, 4.69) is 5.32 Å². The number of nitrogens with zero attached hydrogens (tertiary/aromatic N) is 1. The number of halogens is 1. The minimum absolute atomic E-state index is 0.0182. The van der Waals surface area contributed by atoms with E-state index in [4.69, 9.17) is 16.0 Å². The van der Waals surface area contributed by atoms with Crippen molar-refractivity contribution in [3.63, 3.8) is 0 Å². The maximum absolute atomic E-state index is 12.6. The minimum atomic E-state index is -0.0210. The standard InChI is InChI=1S/C14H19ClN2O2/c15-12-5-4-11(19-12)13(18)17-9-8-16-10-14(17)6-2-1-3-7-14/h4-5,16H,1-3,6-10H2. The van der Waals surface area contributed by atoms with Crippen LogP contribution >= 0.6 is 11.6 Å². The lowest BCUT2D eigenvalue weighted by atomic mass is 9.79. The Labute approximate surface area is 118 Å². The average Bonchev–Trinajstić information content (AvgIpc) is 2.86. The average molecular weight is 283 g/mol. The molecule has 1 aliphatic heterocycles. The third kappa shape index (κ3) is 2.39. The van der Waals surface area contributed by atoms with E-state index in [1.165, 1.54) is 19.3 Å². The molecule has 1 saturated carbocycles. The molecule has 2 aliphatic rings. The van der Waals surface area contributed by atoms with Crippen molar-refractivity contribution in [1.82, 2.24) is 10.2 Å². The van der Waals surface area contributed by atoms with Crippen LogP contribution in [0.3, 0.4) is 0 Å². The molecule has 0 aromatic carbocycles. The molecule has 0 bridgehead atoms. The molecule has 1 aromatic heterocycles. The third-order valence-electron chi connectivity index (χ3n) is 4.35. The summed E-state index contributed by atoms with van der Waals surface area (Å²) in [6.45, 7) is 2.49. The Morgan fingerprint density at radius 2 is 2.11 bits per heavy atom. The minimum Gasteiger partial charge on any atom is -0.440 e. The summed E-state index contributed by atoms with van der Waals surface area (Å²) in [5.74, 6) is 0.340. The van der Waals surface area contributed by atoms with E-state index in [1.54, 1.807) is 12.1 Å². The van der Waals surface area contributed by atoms with E-state index in [9.17, 15) is 4.79 Å². The molecule has 2 fully saturated rings. The van der Waals surface area contributed by atoms with Crippen LogP contribution < -0.4 is 5.32 Å². The molecule has 1 aliphatic carbocycles. The van der Waals surface area contributed by atoms with E-state index in [0.29, 0.717) is 5.76 Å². The normalized spacial score (nSPS) is 22.7. The molecule has 1 aromatic rings. The number of hydrogen-bond acceptors (Lipinski definition) is 3. The number of piperazine rings is 1. The van der Waals surface area contributed by atoms with E-state index in [-0.39, 0.29) is 16.7 Å². The topological polar surface area (TPSA) is 45.5 Å². The lowest BCUT2D eigenvalue weighted by molar-refractivity contribution is 0.0196. The summed E-state index contributed by atoms with van der Waals surface area (Å²) in [5, 5.41) is 3.71. The fourth-order valence-corrected chi connectivity index (χ4v) is 3.53. The summed E-state index contributed by atoms with van der Waals surface area (Å²) >= 11 is 5.77. The predicted molar refractivity (Wildman–Crippen MR) is 73.4 cm³/mol. The van der Waals surface area contributed by atoms with Gasteiger partial charge in [-0.25, -0.2) is 0 Å². The van der Waals surface area contributed by atoms with Gasteiger partial charge >= 0.3 is 0 Å². The van der Waals surface area contributed by atoms with Crippen molar-refractivity contribution < 1.29 is 9.21 Å². The van der Waals surface area contributed by atoms with Gasteiger partial charge in [-0.15, -0.1) is 0 Å². The van der Waals surface area contributed by atoms with E-state index in [0.717, 1.165) is 32.5 Å². The van der Waals surface area contributed by atoms with Crippen LogP contribution in [-0.4, -0.2) is 36.0 Å². The molecule has 4 nitrogen and oxygen atoms in total. The Kier molecular flexibility index (Phi) is 3.54. The lowest BCUT2D eigenvalue weighted by Crippen LogP contribution is -2.63. The Hall–Kier alpha value is -1.00. The SMILES string of the molecule is O=C(c1ccc(Cl)o1)N1CCNCC12CCCCC2. The number of carbonyl (C=O) groups excluding carboxylic acids is 1. The first kappa shape index (κ1) is 13.0. The summed E-state index contributed by atoms with van der Waals surface area (Å²) in [5.41, 5.74) is -0.0210. The van der Waals surface area contributed by atoms with Crippen LogP contribution in [0.4, 0.5) is 0 Å². The monoisotopic (exact) mass is 282 g/mol. The number of nitrogens with one attached hydrogen (secondary N) is 1. The van der Waals surface area contributed by atoms with Gasteiger partial charge in [-0.1, -0.05) is 19.3 Å². The summed E-state index contributed by atoms with van der Waals surface area (Å²) in [6, 6.07) is 3.30. The van der Waals surface area contributed by atoms with Crippen molar-refractivity contribution in [2.75, 3.05) is 19.6 Å². The van der Waals surface area contributed by atoms with Crippen molar-refractivity contribution in [2.45, 2.75) is 37.6 Å². The molecule has 5 heteroatoms. The summed E-state index contributed by atoms with van der Waals surface area (Å²) in [6.07, 6.45) is 5.84. The number of carbonyl (C=O) groups is 1. The molecule has 1 amide bonds. The number of hydrogen-bond donors (Lipinski definition) is 1. The van der Waals surface area contributed by atoms with Gasteiger partial charge in [-0.2, -0.15) is 0 Å². The summed E-state index contributed by atoms with van der Waals surface area (Å²) in [4.78, 5) is 14.6. The zero-order valence-corrected chi connectivity index (χ0v) is 11.7. The van der Waals surface area contributed by atoms with Gasteiger partial charge in [-0.05, 0) is 36.6 Å². The van der Waals surface area contributed by atoms with Crippen molar-refractivity contribution in [3.8, 4) is 0 Å². The number of amides is 1. The molecule has 19 heavy (non-hydrogen) atoms. The highest BCUT2D eigenvalue weighted by molar-refractivity contribution is 6.29. The van der Waals surface area contributed by atoms with E-state index < -0.39 is 0 Å². The second-order valence-corrected chi connectivity index (χ2v) is 5.89. The van der Waals surface area contributed by atoms with Crippen LogP contribution in [0, 0.1) is 0 Å². The number of furan rings is 1. The molecule has 1 N–H and O–H groups in total. The molecular formula is C14H19ClN2O2. The van der Waals surface area contributed by atoms with Gasteiger partial charge < -0.3 is 14.6 Å². The summed E-state index contributed by atoms with van der Waals surface area (Å²) < 4.78 is 5.29. The van der Waals surface area contributed by atoms with Gasteiger partial charge in [0, 0.05) is 19.6 Å². The van der Waals surface area contributed by atoms with Crippen molar-refractivity contribution in [2.24, 2.45) is 0 Å². The van der Waals surface area contributed by atoms with Gasteiger partial charge in [0.05, 0.1) is 5.54 Å². The van der Waals surface area contributed by atoms with Gasteiger partial charge in [0.25, 0.3) is 5.91 Å². The highest BCUT2D eigenvalue weighted by Crippen LogP contribution is 2.35. The Morgan fingerprint density at radius 3 is 2.79 bits per heavy atom. The number of rotatable bonds is 1. The maximum atomic E-state index is 12.6. The van der Waals surface area contributed by atoms with Crippen LogP contribution in [-0.2, 0) is 0 Å². The van der Waals surface area contributed by atoms with Crippen LogP contribution in [0.15, 0.2) is 16.5 Å². The highest BCUT2D eigenvalue weighted by Gasteiger charge is 2.43. The second kappa shape index (κ2) is 5.17. The lowest BCUT2D eigenvalue weighted by Gasteiger charge is -2.49. The molecule has 0 atom stereocenters. The molecule has 0 radical (unpaired) electrons. The van der Waals surface area contributed by atoms with Crippen molar-refractivity contribution in [3.05, 3.63) is 23.1 Å². The Bertz CT molecular complexity index is 458. The molecule has 3 rings (SSSR count). The second-order valence-electron chi connectivity index (χ2n) is 5.52. The fraction of sp³-hybridized carbons (Fsp3) is 0.643. The summed E-state index contributed by atoms with van der Waals surface area (Å²) in [7, 11) is 0. The van der Waals surface area contributed by atoms with E-state index >= 15 is 0 Å². The largest absolute Gasteiger partial charge is 0.440 e. The van der Waals surface area contributed by atoms with Crippen molar-refractivity contribution >= 4 is 17.5 Å². The predicted octanol–water partition coefficient (Wildman–Crippen LogP) is 2.68. The molecule has 0 unspecified atom stereocenters. The first-order valence-electron chi connectivity index (χ1n) is 6.99. The first-order chi connectivity index (χ1) is 9.21. The molecule has 1 saturated heterocycles. The Morgan fingerprint density at radius 1 is 1.32 bits per heavy atom. The smallest absolute Gasteiger partial charge is 0.290 e. The van der Waals surface area contributed by atoms with Gasteiger partial charge in [-0.3, -0.25) is 4.79 Å². The van der Waals surface area contributed by atoms with Gasteiger partial charge in [0.15, 0.2) is 11.0 Å². The molecule has 104 valence electrons. The van der Waals surface area contributed by atoms with Gasteiger partial charge in [0.1, 0.15) is 0 Å². The Balaban J connectivity index is 1.85. The zero-order chi connectivity index (χ0) is 13.3.